The molecule has 0 spiro atoms. The van der Waals surface area contributed by atoms with E-state index in [0.29, 0.717) is 5.69 Å². The van der Waals surface area contributed by atoms with Crippen LogP contribution in [-0.2, 0) is 9.59 Å². The number of carbonyl (C=O) groups is 2. The molecule has 0 aliphatic heterocycles. The molecule has 0 aliphatic rings. The first kappa shape index (κ1) is 15.1. The van der Waals surface area contributed by atoms with Crippen molar-refractivity contribution in [1.82, 2.24) is 0 Å². The van der Waals surface area contributed by atoms with Gasteiger partial charge in [0.25, 0.3) is 5.69 Å². The zero-order valence-electron chi connectivity index (χ0n) is 9.63. The Morgan fingerprint density at radius 1 is 1.47 bits per heavy atom. The molecule has 1 aromatic carbocycles. The number of nitrogens with one attached hydrogen (secondary N) is 1. The number of nitro groups is 1. The van der Waals surface area contributed by atoms with Gasteiger partial charge in [-0.25, -0.2) is 0 Å². The van der Waals surface area contributed by atoms with Gasteiger partial charge in [0, 0.05) is 11.8 Å². The van der Waals surface area contributed by atoms with Gasteiger partial charge < -0.3 is 16.8 Å². The predicted molar refractivity (Wildman–Crippen MR) is 71.2 cm³/mol. The van der Waals surface area contributed by atoms with E-state index in [2.05, 4.69) is 21.2 Å². The molecule has 102 valence electrons. The van der Waals surface area contributed by atoms with Crippen molar-refractivity contribution in [3.05, 3.63) is 32.8 Å². The van der Waals surface area contributed by atoms with Crippen LogP contribution >= 0.6 is 15.9 Å². The van der Waals surface area contributed by atoms with E-state index in [1.54, 1.807) is 0 Å². The van der Waals surface area contributed by atoms with Crippen molar-refractivity contribution in [2.75, 3.05) is 5.32 Å². The SMILES string of the molecule is NC(=O)CC(N)C(=O)Nc1ccc([N+](=O)[O-])c(Br)c1. The van der Waals surface area contributed by atoms with Crippen molar-refractivity contribution in [2.45, 2.75) is 12.5 Å². The summed E-state index contributed by atoms with van der Waals surface area (Å²) in [5, 5.41) is 13.0. The second-order valence-electron chi connectivity index (χ2n) is 3.69. The summed E-state index contributed by atoms with van der Waals surface area (Å²) in [4.78, 5) is 32.2. The highest BCUT2D eigenvalue weighted by molar-refractivity contribution is 9.10. The van der Waals surface area contributed by atoms with Crippen LogP contribution < -0.4 is 16.8 Å². The average molecular weight is 331 g/mol. The number of halogens is 1. The van der Waals surface area contributed by atoms with Crippen LogP contribution in [0.3, 0.4) is 0 Å². The van der Waals surface area contributed by atoms with Crippen molar-refractivity contribution < 1.29 is 14.5 Å². The number of nitrogens with two attached hydrogens (primary N) is 2. The first-order valence-electron chi connectivity index (χ1n) is 5.10. The molecule has 0 bridgehead atoms. The molecule has 9 heteroatoms. The lowest BCUT2D eigenvalue weighted by atomic mass is 10.2. The van der Waals surface area contributed by atoms with E-state index in [9.17, 15) is 19.7 Å². The lowest BCUT2D eigenvalue weighted by Crippen LogP contribution is -2.38. The van der Waals surface area contributed by atoms with Gasteiger partial charge in [-0.1, -0.05) is 0 Å². The van der Waals surface area contributed by atoms with E-state index in [0.717, 1.165) is 0 Å². The molecule has 1 rings (SSSR count). The van der Waals surface area contributed by atoms with Crippen LogP contribution in [0.1, 0.15) is 6.42 Å². The molecule has 1 atom stereocenters. The molecule has 0 aromatic heterocycles. The second kappa shape index (κ2) is 6.25. The van der Waals surface area contributed by atoms with Gasteiger partial charge in [0.1, 0.15) is 0 Å². The minimum atomic E-state index is -1.06. The summed E-state index contributed by atoms with van der Waals surface area (Å²) in [6, 6.07) is 2.90. The fraction of sp³-hybridized carbons (Fsp3) is 0.200. The predicted octanol–water partition coefficient (Wildman–Crippen LogP) is 0.498. The second-order valence-corrected chi connectivity index (χ2v) is 4.54. The topological polar surface area (TPSA) is 141 Å². The van der Waals surface area contributed by atoms with Crippen molar-refractivity contribution in [3.8, 4) is 0 Å². The number of carbonyl (C=O) groups excluding carboxylic acids is 2. The van der Waals surface area contributed by atoms with E-state index in [4.69, 9.17) is 11.5 Å². The summed E-state index contributed by atoms with van der Waals surface area (Å²) in [7, 11) is 0. The molecule has 2 amide bonds. The van der Waals surface area contributed by atoms with Gasteiger partial charge in [-0.2, -0.15) is 0 Å². The Morgan fingerprint density at radius 2 is 2.11 bits per heavy atom. The third-order valence-corrected chi connectivity index (χ3v) is 2.80. The molecule has 0 saturated heterocycles. The first-order valence-corrected chi connectivity index (χ1v) is 5.89. The van der Waals surface area contributed by atoms with Gasteiger partial charge in [0.05, 0.1) is 21.9 Å². The Balaban J connectivity index is 2.78. The highest BCUT2D eigenvalue weighted by Gasteiger charge is 2.17. The number of primary amides is 1. The number of hydrogen-bond donors (Lipinski definition) is 3. The minimum absolute atomic E-state index is 0.126. The number of rotatable bonds is 5. The van der Waals surface area contributed by atoms with E-state index in [1.807, 2.05) is 0 Å². The van der Waals surface area contributed by atoms with Crippen LogP contribution in [0.25, 0.3) is 0 Å². The number of nitro benzene ring substituents is 1. The van der Waals surface area contributed by atoms with E-state index in [-0.39, 0.29) is 16.6 Å². The Kier molecular flexibility index (Phi) is 4.95. The van der Waals surface area contributed by atoms with E-state index < -0.39 is 22.8 Å². The highest BCUT2D eigenvalue weighted by Crippen LogP contribution is 2.27. The molecule has 1 unspecified atom stereocenters. The van der Waals surface area contributed by atoms with Crippen molar-refractivity contribution in [2.24, 2.45) is 11.5 Å². The van der Waals surface area contributed by atoms with Crippen LogP contribution in [0.5, 0.6) is 0 Å². The van der Waals surface area contributed by atoms with Crippen molar-refractivity contribution in [3.63, 3.8) is 0 Å². The number of amides is 2. The monoisotopic (exact) mass is 330 g/mol. The minimum Gasteiger partial charge on any atom is -0.370 e. The van der Waals surface area contributed by atoms with Crippen LogP contribution in [-0.4, -0.2) is 22.8 Å². The Labute approximate surface area is 116 Å². The summed E-state index contributed by atoms with van der Waals surface area (Å²) in [5.74, 6) is -1.29. The quantitative estimate of drug-likeness (QED) is 0.532. The van der Waals surface area contributed by atoms with Crippen molar-refractivity contribution >= 4 is 39.1 Å². The van der Waals surface area contributed by atoms with Gasteiger partial charge in [-0.05, 0) is 28.1 Å². The molecule has 0 aliphatic carbocycles. The van der Waals surface area contributed by atoms with Crippen LogP contribution in [0.4, 0.5) is 11.4 Å². The summed E-state index contributed by atoms with van der Waals surface area (Å²) >= 11 is 3.02. The molecule has 5 N–H and O–H groups in total. The Morgan fingerprint density at radius 3 is 2.58 bits per heavy atom. The number of hydrogen-bond acceptors (Lipinski definition) is 5. The number of nitrogens with zero attached hydrogens (tertiary/aromatic N) is 1. The van der Waals surface area contributed by atoms with E-state index in [1.165, 1.54) is 18.2 Å². The summed E-state index contributed by atoms with van der Waals surface area (Å²) in [6.45, 7) is 0. The number of anilines is 1. The van der Waals surface area contributed by atoms with Crippen LogP contribution in [0.15, 0.2) is 22.7 Å². The molecule has 19 heavy (non-hydrogen) atoms. The lowest BCUT2D eigenvalue weighted by Gasteiger charge is -2.10. The van der Waals surface area contributed by atoms with E-state index >= 15 is 0 Å². The molecule has 1 aromatic rings. The van der Waals surface area contributed by atoms with Crippen LogP contribution in [0, 0.1) is 10.1 Å². The maximum atomic E-state index is 11.6. The fourth-order valence-electron chi connectivity index (χ4n) is 1.28. The lowest BCUT2D eigenvalue weighted by molar-refractivity contribution is -0.385. The maximum absolute atomic E-state index is 11.6. The average Bonchev–Trinajstić information content (AvgIpc) is 2.27. The zero-order valence-corrected chi connectivity index (χ0v) is 11.2. The van der Waals surface area contributed by atoms with Gasteiger partial charge in [0.2, 0.25) is 11.8 Å². The smallest absolute Gasteiger partial charge is 0.283 e. The third-order valence-electron chi connectivity index (χ3n) is 2.17. The van der Waals surface area contributed by atoms with Gasteiger partial charge >= 0.3 is 0 Å². The molecular weight excluding hydrogens is 320 g/mol. The molecule has 8 nitrogen and oxygen atoms in total. The third kappa shape index (κ3) is 4.30. The molecule has 0 fully saturated rings. The summed E-state index contributed by atoms with van der Waals surface area (Å²) in [6.07, 6.45) is -0.278. The molecular formula is C10H11BrN4O4. The van der Waals surface area contributed by atoms with Gasteiger partial charge in [-0.3, -0.25) is 19.7 Å². The Bertz CT molecular complexity index is 534. The first-order chi connectivity index (χ1) is 8.81. The number of benzene rings is 1. The van der Waals surface area contributed by atoms with Crippen LogP contribution in [0.2, 0.25) is 0 Å². The molecule has 0 heterocycles. The standard InChI is InChI=1S/C10H11BrN4O4/c11-6-3-5(1-2-8(6)15(18)19)14-10(17)7(12)4-9(13)16/h1-3,7H,4,12H2,(H2,13,16)(H,14,17). The highest BCUT2D eigenvalue weighted by atomic mass is 79.9. The summed E-state index contributed by atoms with van der Waals surface area (Å²) < 4.78 is 0.221. The maximum Gasteiger partial charge on any atom is 0.283 e. The fourth-order valence-corrected chi connectivity index (χ4v) is 1.80. The Hall–Kier alpha value is -2.00. The summed E-state index contributed by atoms with van der Waals surface area (Å²) in [5.41, 5.74) is 10.6. The molecule has 0 saturated carbocycles. The van der Waals surface area contributed by atoms with Crippen molar-refractivity contribution in [1.29, 1.82) is 0 Å². The normalized spacial score (nSPS) is 11.7. The largest absolute Gasteiger partial charge is 0.370 e. The van der Waals surface area contributed by atoms with Gasteiger partial charge in [0.15, 0.2) is 0 Å². The zero-order chi connectivity index (χ0) is 14.6. The van der Waals surface area contributed by atoms with Gasteiger partial charge in [-0.15, -0.1) is 0 Å². The molecule has 0 radical (unpaired) electrons.